The second-order valence-electron chi connectivity index (χ2n) is 4.45. The number of halogens is 1. The maximum absolute atomic E-state index is 13.5. The Labute approximate surface area is 102 Å². The van der Waals surface area contributed by atoms with Crippen molar-refractivity contribution in [2.24, 2.45) is 0 Å². The number of aromatic amines is 1. The fraction of sp³-hybridized carbons (Fsp3) is 0.231. The summed E-state index contributed by atoms with van der Waals surface area (Å²) in [6.07, 6.45) is 1.77. The molecule has 0 radical (unpaired) electrons. The minimum atomic E-state index is -0.502. The van der Waals surface area contributed by atoms with Crippen molar-refractivity contribution < 1.29 is 14.0 Å². The number of amides is 2. The Kier molecular flexibility index (Phi) is 2.23. The summed E-state index contributed by atoms with van der Waals surface area (Å²) in [4.78, 5) is 27.4. The van der Waals surface area contributed by atoms with E-state index < -0.39 is 5.92 Å². The van der Waals surface area contributed by atoms with E-state index in [4.69, 9.17) is 0 Å². The molecule has 3 rings (SSSR count). The minimum Gasteiger partial charge on any atom is -0.358 e. The molecule has 2 amide bonds. The first-order valence-corrected chi connectivity index (χ1v) is 5.65. The van der Waals surface area contributed by atoms with Crippen LogP contribution in [0.2, 0.25) is 0 Å². The van der Waals surface area contributed by atoms with Crippen molar-refractivity contribution in [3.05, 3.63) is 35.8 Å². The number of fused-ring (bicyclic) bond motifs is 1. The summed E-state index contributed by atoms with van der Waals surface area (Å²) in [6.45, 7) is 0. The first kappa shape index (κ1) is 11.0. The number of benzene rings is 1. The molecule has 0 bridgehead atoms. The molecule has 92 valence electrons. The molecule has 1 aromatic carbocycles. The van der Waals surface area contributed by atoms with Gasteiger partial charge in [-0.05, 0) is 11.6 Å². The number of likely N-dealkylation sites (tertiary alicyclic amines) is 1. The van der Waals surface area contributed by atoms with Crippen molar-refractivity contribution in [1.29, 1.82) is 0 Å². The predicted octanol–water partition coefficient (Wildman–Crippen LogP) is 1.78. The zero-order valence-corrected chi connectivity index (χ0v) is 9.74. The van der Waals surface area contributed by atoms with Crippen LogP contribution < -0.4 is 0 Å². The van der Waals surface area contributed by atoms with Gasteiger partial charge in [-0.25, -0.2) is 4.39 Å². The van der Waals surface area contributed by atoms with E-state index in [1.54, 1.807) is 18.3 Å². The molecular weight excluding hydrogens is 235 g/mol. The number of hydrogen-bond donors (Lipinski definition) is 1. The fourth-order valence-electron chi connectivity index (χ4n) is 2.43. The van der Waals surface area contributed by atoms with E-state index in [1.165, 1.54) is 13.1 Å². The molecule has 1 aliphatic rings. The topological polar surface area (TPSA) is 53.2 Å². The summed E-state index contributed by atoms with van der Waals surface area (Å²) in [5.41, 5.74) is 1.06. The van der Waals surface area contributed by atoms with Crippen LogP contribution in [0.1, 0.15) is 17.9 Å². The van der Waals surface area contributed by atoms with E-state index in [0.717, 1.165) is 4.90 Å². The van der Waals surface area contributed by atoms with Crippen molar-refractivity contribution >= 4 is 22.7 Å². The number of para-hydroxylation sites is 1. The highest BCUT2D eigenvalue weighted by molar-refractivity contribution is 6.07. The van der Waals surface area contributed by atoms with E-state index in [1.807, 2.05) is 0 Å². The van der Waals surface area contributed by atoms with Gasteiger partial charge in [0.2, 0.25) is 11.8 Å². The Morgan fingerprint density at radius 2 is 2.17 bits per heavy atom. The monoisotopic (exact) mass is 246 g/mol. The number of likely N-dealkylation sites (N-methyl/N-ethyl adjacent to an activating group) is 1. The lowest BCUT2D eigenvalue weighted by molar-refractivity contribution is -0.137. The van der Waals surface area contributed by atoms with Crippen LogP contribution in [0.25, 0.3) is 10.9 Å². The Balaban J connectivity index is 2.14. The van der Waals surface area contributed by atoms with Crippen LogP contribution in [0.5, 0.6) is 0 Å². The molecule has 1 saturated heterocycles. The summed E-state index contributed by atoms with van der Waals surface area (Å²) in [5.74, 6) is -1.29. The number of imide groups is 1. The number of aromatic nitrogens is 1. The maximum Gasteiger partial charge on any atom is 0.237 e. The quantitative estimate of drug-likeness (QED) is 0.780. The number of rotatable bonds is 1. The SMILES string of the molecule is CN1C(=O)CC(c2c[nH]c3c(F)cccc23)C1=O. The smallest absolute Gasteiger partial charge is 0.237 e. The zero-order valence-electron chi connectivity index (χ0n) is 9.74. The van der Waals surface area contributed by atoms with E-state index >= 15 is 0 Å². The molecule has 0 aliphatic carbocycles. The van der Waals surface area contributed by atoms with E-state index in [9.17, 15) is 14.0 Å². The largest absolute Gasteiger partial charge is 0.358 e. The third kappa shape index (κ3) is 1.37. The predicted molar refractivity (Wildman–Crippen MR) is 63.4 cm³/mol. The summed E-state index contributed by atoms with van der Waals surface area (Å²) < 4.78 is 13.5. The molecule has 2 heterocycles. The normalized spacial score (nSPS) is 20.1. The van der Waals surface area contributed by atoms with Gasteiger partial charge >= 0.3 is 0 Å². The Morgan fingerprint density at radius 1 is 1.39 bits per heavy atom. The molecule has 0 spiro atoms. The molecule has 4 nitrogen and oxygen atoms in total. The molecule has 1 aromatic heterocycles. The van der Waals surface area contributed by atoms with Gasteiger partial charge in [0.1, 0.15) is 5.82 Å². The van der Waals surface area contributed by atoms with E-state index in [0.29, 0.717) is 16.5 Å². The second kappa shape index (κ2) is 3.66. The minimum absolute atomic E-state index is 0.152. The lowest BCUT2D eigenvalue weighted by Crippen LogP contribution is -2.25. The molecule has 0 saturated carbocycles. The highest BCUT2D eigenvalue weighted by Crippen LogP contribution is 2.34. The van der Waals surface area contributed by atoms with Gasteiger partial charge < -0.3 is 4.98 Å². The van der Waals surface area contributed by atoms with Crippen molar-refractivity contribution in [1.82, 2.24) is 9.88 Å². The van der Waals surface area contributed by atoms with Gasteiger partial charge in [0.15, 0.2) is 0 Å². The van der Waals surface area contributed by atoms with Crippen LogP contribution in [0.4, 0.5) is 4.39 Å². The molecule has 1 unspecified atom stereocenters. The lowest BCUT2D eigenvalue weighted by atomic mass is 9.97. The van der Waals surface area contributed by atoms with Crippen molar-refractivity contribution in [2.75, 3.05) is 7.05 Å². The standard InChI is InChI=1S/C13H11FN2O2/c1-16-11(17)5-8(13(16)18)9-6-15-12-7(9)3-2-4-10(12)14/h2-4,6,8,15H,5H2,1H3. The fourth-order valence-corrected chi connectivity index (χ4v) is 2.43. The number of hydrogen-bond acceptors (Lipinski definition) is 2. The van der Waals surface area contributed by atoms with Gasteiger partial charge in [-0.3, -0.25) is 14.5 Å². The average molecular weight is 246 g/mol. The molecule has 1 aliphatic heterocycles. The van der Waals surface area contributed by atoms with Crippen LogP contribution in [-0.2, 0) is 9.59 Å². The van der Waals surface area contributed by atoms with E-state index in [2.05, 4.69) is 4.98 Å². The van der Waals surface area contributed by atoms with Crippen LogP contribution in [-0.4, -0.2) is 28.7 Å². The molecule has 5 heteroatoms. The van der Waals surface area contributed by atoms with Gasteiger partial charge in [0, 0.05) is 25.1 Å². The third-order valence-electron chi connectivity index (χ3n) is 3.45. The lowest BCUT2D eigenvalue weighted by Gasteiger charge is -2.07. The van der Waals surface area contributed by atoms with Crippen molar-refractivity contribution in [3.8, 4) is 0 Å². The van der Waals surface area contributed by atoms with Crippen LogP contribution in [0, 0.1) is 5.82 Å². The summed E-state index contributed by atoms with van der Waals surface area (Å²) in [6, 6.07) is 4.71. The molecular formula is C13H11FN2O2. The van der Waals surface area contributed by atoms with Crippen molar-refractivity contribution in [2.45, 2.75) is 12.3 Å². The van der Waals surface area contributed by atoms with Crippen LogP contribution in [0.15, 0.2) is 24.4 Å². The van der Waals surface area contributed by atoms with Gasteiger partial charge in [0.25, 0.3) is 0 Å². The maximum atomic E-state index is 13.5. The molecule has 1 N–H and O–H groups in total. The van der Waals surface area contributed by atoms with Crippen LogP contribution >= 0.6 is 0 Å². The van der Waals surface area contributed by atoms with Gasteiger partial charge in [-0.2, -0.15) is 0 Å². The van der Waals surface area contributed by atoms with Gasteiger partial charge in [0.05, 0.1) is 11.4 Å². The molecule has 1 atom stereocenters. The molecule has 18 heavy (non-hydrogen) atoms. The van der Waals surface area contributed by atoms with Gasteiger partial charge in [-0.15, -0.1) is 0 Å². The van der Waals surface area contributed by atoms with Gasteiger partial charge in [-0.1, -0.05) is 12.1 Å². The van der Waals surface area contributed by atoms with E-state index in [-0.39, 0.29) is 24.1 Å². The van der Waals surface area contributed by atoms with Crippen LogP contribution in [0.3, 0.4) is 0 Å². The first-order valence-electron chi connectivity index (χ1n) is 5.65. The number of carbonyl (C=O) groups excluding carboxylic acids is 2. The Morgan fingerprint density at radius 3 is 2.83 bits per heavy atom. The average Bonchev–Trinajstić information content (AvgIpc) is 2.88. The Bertz CT molecular complexity index is 662. The highest BCUT2D eigenvalue weighted by atomic mass is 19.1. The number of nitrogens with zero attached hydrogens (tertiary/aromatic N) is 1. The highest BCUT2D eigenvalue weighted by Gasteiger charge is 2.38. The zero-order chi connectivity index (χ0) is 12.9. The summed E-state index contributed by atoms with van der Waals surface area (Å²) in [5, 5.41) is 0.663. The second-order valence-corrected chi connectivity index (χ2v) is 4.45. The summed E-state index contributed by atoms with van der Waals surface area (Å²) >= 11 is 0. The molecule has 1 fully saturated rings. The molecule has 2 aromatic rings. The number of H-pyrrole nitrogens is 1. The van der Waals surface area contributed by atoms with Crippen molar-refractivity contribution in [3.63, 3.8) is 0 Å². The summed E-state index contributed by atoms with van der Waals surface area (Å²) in [7, 11) is 1.47. The third-order valence-corrected chi connectivity index (χ3v) is 3.45. The first-order chi connectivity index (χ1) is 8.59. The number of carbonyl (C=O) groups is 2. The number of nitrogens with one attached hydrogen (secondary N) is 1. The Hall–Kier alpha value is -2.17.